The zero-order valence-electron chi connectivity index (χ0n) is 15.6. The summed E-state index contributed by atoms with van der Waals surface area (Å²) in [4.78, 5) is 24.5. The molecule has 0 saturated heterocycles. The summed E-state index contributed by atoms with van der Waals surface area (Å²) in [5, 5.41) is 1.77. The first kappa shape index (κ1) is 23.2. The molecule has 1 N–H and O–H groups in total. The maximum Gasteiger partial charge on any atom is 0.422 e. The molecule has 0 aliphatic rings. The van der Waals surface area contributed by atoms with E-state index in [1.165, 1.54) is 54.6 Å². The van der Waals surface area contributed by atoms with Crippen LogP contribution in [0.15, 0.2) is 54.6 Å². The Morgan fingerprint density at radius 3 is 2.00 bits per heavy atom. The Morgan fingerprint density at radius 1 is 0.933 bits per heavy atom. The number of aryl methyl sites for hydroxylation is 1. The zero-order chi connectivity index (χ0) is 22.5. The third kappa shape index (κ3) is 6.50. The van der Waals surface area contributed by atoms with Crippen LogP contribution in [0.5, 0.6) is 0 Å². The lowest BCUT2D eigenvalue weighted by atomic mass is 9.86. The van der Waals surface area contributed by atoms with Gasteiger partial charge < -0.3 is 10.1 Å². The number of alkyl halides is 6. The van der Waals surface area contributed by atoms with Crippen LogP contribution in [0.3, 0.4) is 0 Å². The van der Waals surface area contributed by atoms with E-state index in [1.54, 1.807) is 12.2 Å². The van der Waals surface area contributed by atoms with Gasteiger partial charge in [-0.15, -0.1) is 0 Å². The fourth-order valence-corrected chi connectivity index (χ4v) is 2.72. The molecule has 0 heterocycles. The Morgan fingerprint density at radius 2 is 1.50 bits per heavy atom. The summed E-state index contributed by atoms with van der Waals surface area (Å²) in [6.45, 7) is -0.302. The first-order valence-electron chi connectivity index (χ1n) is 8.61. The Balaban J connectivity index is 2.42. The van der Waals surface area contributed by atoms with Gasteiger partial charge >= 0.3 is 18.4 Å². The van der Waals surface area contributed by atoms with E-state index in [4.69, 9.17) is 0 Å². The minimum Gasteiger partial charge on any atom is -0.440 e. The number of nitrogens with one attached hydrogen (secondary N) is 1. The highest BCUT2D eigenvalue weighted by molar-refractivity contribution is 5.99. The molecule has 10 heteroatoms. The average Bonchev–Trinajstić information content (AvgIpc) is 2.65. The van der Waals surface area contributed by atoms with Crippen LogP contribution in [-0.2, 0) is 4.74 Å². The lowest BCUT2D eigenvalue weighted by molar-refractivity contribution is -0.170. The number of hydrogen-bond acceptors (Lipinski definition) is 3. The topological polar surface area (TPSA) is 55.4 Å². The summed E-state index contributed by atoms with van der Waals surface area (Å²) in [5.74, 6) is -4.09. The van der Waals surface area contributed by atoms with Gasteiger partial charge in [0, 0.05) is 5.56 Å². The van der Waals surface area contributed by atoms with E-state index in [-0.39, 0.29) is 11.1 Å². The average molecular weight is 433 g/mol. The Labute approximate surface area is 167 Å². The largest absolute Gasteiger partial charge is 0.440 e. The van der Waals surface area contributed by atoms with E-state index in [2.05, 4.69) is 4.74 Å². The van der Waals surface area contributed by atoms with Crippen LogP contribution in [0.1, 0.15) is 27.5 Å². The van der Waals surface area contributed by atoms with Crippen molar-refractivity contribution in [2.45, 2.75) is 25.3 Å². The van der Waals surface area contributed by atoms with Crippen molar-refractivity contribution in [2.75, 3.05) is 6.61 Å². The van der Waals surface area contributed by atoms with Crippen LogP contribution in [0, 0.1) is 12.8 Å². The molecule has 4 nitrogen and oxygen atoms in total. The number of ketones is 1. The lowest BCUT2D eigenvalue weighted by Crippen LogP contribution is -2.44. The lowest BCUT2D eigenvalue weighted by Gasteiger charge is -2.29. The van der Waals surface area contributed by atoms with Crippen LogP contribution in [0.2, 0.25) is 0 Å². The van der Waals surface area contributed by atoms with Crippen LogP contribution in [0.4, 0.5) is 31.1 Å². The molecule has 0 radical (unpaired) electrons. The van der Waals surface area contributed by atoms with Crippen molar-refractivity contribution in [1.29, 1.82) is 0 Å². The third-order valence-electron chi connectivity index (χ3n) is 4.10. The summed E-state index contributed by atoms with van der Waals surface area (Å²) < 4.78 is 82.5. The number of ether oxygens (including phenoxy) is 1. The molecule has 0 spiro atoms. The monoisotopic (exact) mass is 433 g/mol. The van der Waals surface area contributed by atoms with Gasteiger partial charge in [0.15, 0.2) is 12.4 Å². The Kier molecular flexibility index (Phi) is 7.12. The number of rotatable bonds is 6. The molecule has 2 unspecified atom stereocenters. The third-order valence-corrected chi connectivity index (χ3v) is 4.10. The molecule has 0 saturated carbocycles. The minimum atomic E-state index is -5.11. The van der Waals surface area contributed by atoms with Crippen LogP contribution in [-0.4, -0.2) is 30.8 Å². The molecule has 1 amide bonds. The van der Waals surface area contributed by atoms with Gasteiger partial charge in [0.1, 0.15) is 5.92 Å². The van der Waals surface area contributed by atoms with Crippen molar-refractivity contribution in [1.82, 2.24) is 5.32 Å². The predicted octanol–water partition coefficient (Wildman–Crippen LogP) is 5.39. The molecule has 2 aromatic rings. The number of alkyl carbamates (subject to hydrolysis) is 1. The van der Waals surface area contributed by atoms with E-state index in [1.807, 2.05) is 0 Å². The Hall–Kier alpha value is -3.04. The summed E-state index contributed by atoms with van der Waals surface area (Å²) in [6, 6.07) is 9.98. The van der Waals surface area contributed by atoms with Gasteiger partial charge in [-0.2, -0.15) is 26.3 Å². The normalized spacial score (nSPS) is 14.0. The van der Waals surface area contributed by atoms with E-state index in [0.29, 0.717) is 5.56 Å². The van der Waals surface area contributed by atoms with Crippen LogP contribution in [0.25, 0.3) is 0 Å². The van der Waals surface area contributed by atoms with Gasteiger partial charge in [0.25, 0.3) is 0 Å². The number of hydrogen-bond donors (Lipinski definition) is 1. The fourth-order valence-electron chi connectivity index (χ4n) is 2.72. The zero-order valence-corrected chi connectivity index (χ0v) is 15.6. The maximum absolute atomic E-state index is 13.9. The van der Waals surface area contributed by atoms with Crippen molar-refractivity contribution < 1.29 is 40.7 Å². The number of Topliss-reactive ketones (excluding diaryl/α,β-unsaturated/α-hetero) is 1. The van der Waals surface area contributed by atoms with E-state index in [0.717, 1.165) is 0 Å². The molecule has 0 fully saturated rings. The minimum absolute atomic E-state index is 0.121. The molecule has 2 atom stereocenters. The predicted molar refractivity (Wildman–Crippen MR) is 94.8 cm³/mol. The second kappa shape index (κ2) is 9.19. The van der Waals surface area contributed by atoms with Crippen molar-refractivity contribution in [3.8, 4) is 0 Å². The molecule has 2 rings (SSSR count). The number of benzene rings is 2. The van der Waals surface area contributed by atoms with Gasteiger partial charge in [-0.3, -0.25) is 4.79 Å². The van der Waals surface area contributed by atoms with Crippen molar-refractivity contribution in [3.63, 3.8) is 0 Å². The second-order valence-corrected chi connectivity index (χ2v) is 6.47. The summed E-state index contributed by atoms with van der Waals surface area (Å²) in [6.07, 6.45) is -11.7. The summed E-state index contributed by atoms with van der Waals surface area (Å²) >= 11 is 0. The molecule has 0 bridgehead atoms. The maximum atomic E-state index is 13.9. The van der Waals surface area contributed by atoms with Gasteiger partial charge in [0.05, 0.1) is 6.04 Å². The molecule has 0 aliphatic heterocycles. The molecule has 0 aromatic heterocycles. The first-order valence-corrected chi connectivity index (χ1v) is 8.61. The van der Waals surface area contributed by atoms with Gasteiger partial charge in [0.2, 0.25) is 0 Å². The van der Waals surface area contributed by atoms with Crippen LogP contribution < -0.4 is 5.32 Å². The Bertz CT molecular complexity index is 863. The van der Waals surface area contributed by atoms with Crippen molar-refractivity contribution in [2.24, 2.45) is 5.92 Å². The fraction of sp³-hybridized carbons (Fsp3) is 0.300. The van der Waals surface area contributed by atoms with Crippen LogP contribution >= 0.6 is 0 Å². The molecule has 30 heavy (non-hydrogen) atoms. The highest BCUT2D eigenvalue weighted by Crippen LogP contribution is 2.38. The second-order valence-electron chi connectivity index (χ2n) is 6.47. The molecular formula is C20H17F6NO3. The number of amides is 1. The first-order chi connectivity index (χ1) is 13.9. The SMILES string of the molecule is Cc1ccc(C(=O)C(C(NC(=O)OCC(F)(F)F)c2ccccc2)C(F)(F)F)cc1. The van der Waals surface area contributed by atoms with Gasteiger partial charge in [-0.05, 0) is 12.5 Å². The molecule has 0 aliphatic carbocycles. The molecular weight excluding hydrogens is 416 g/mol. The van der Waals surface area contributed by atoms with Crippen molar-refractivity contribution >= 4 is 11.9 Å². The molecule has 162 valence electrons. The number of carbonyl (C=O) groups is 2. The summed E-state index contributed by atoms with van der Waals surface area (Å²) in [5.41, 5.74) is 0.335. The summed E-state index contributed by atoms with van der Waals surface area (Å²) in [7, 11) is 0. The highest BCUT2D eigenvalue weighted by Gasteiger charge is 2.51. The van der Waals surface area contributed by atoms with Crippen molar-refractivity contribution in [3.05, 3.63) is 71.3 Å². The van der Waals surface area contributed by atoms with E-state index in [9.17, 15) is 35.9 Å². The number of carbonyl (C=O) groups excluding carboxylic acids is 2. The number of halogens is 6. The van der Waals surface area contributed by atoms with E-state index >= 15 is 0 Å². The quantitative estimate of drug-likeness (QED) is 0.491. The smallest absolute Gasteiger partial charge is 0.422 e. The van der Waals surface area contributed by atoms with Gasteiger partial charge in [-0.25, -0.2) is 4.79 Å². The molecule has 2 aromatic carbocycles. The van der Waals surface area contributed by atoms with E-state index < -0.39 is 42.8 Å². The van der Waals surface area contributed by atoms with Gasteiger partial charge in [-0.1, -0.05) is 60.2 Å². The highest BCUT2D eigenvalue weighted by atomic mass is 19.4. The standard InChI is InChI=1S/C20H17F6NO3/c1-12-7-9-14(10-8-12)17(28)15(20(24,25)26)16(13-5-3-2-4-6-13)27-18(29)30-11-19(21,22)23/h2-10,15-16H,11H2,1H3,(H,27,29).